The van der Waals surface area contributed by atoms with Crippen molar-refractivity contribution in [3.8, 4) is 5.75 Å². The van der Waals surface area contributed by atoms with Crippen LogP contribution < -0.4 is 10.2 Å². The molecule has 2 aromatic rings. The fourth-order valence-corrected chi connectivity index (χ4v) is 1.73. The molecule has 0 atom stereocenters. The minimum atomic E-state index is 0.373. The highest BCUT2D eigenvalue weighted by Gasteiger charge is 2.00. The van der Waals surface area contributed by atoms with Gasteiger partial charge < -0.3 is 4.74 Å². The van der Waals surface area contributed by atoms with Crippen molar-refractivity contribution in [3.63, 3.8) is 0 Å². The molecule has 3 nitrogen and oxygen atoms in total. The molecule has 19 heavy (non-hydrogen) atoms. The van der Waals surface area contributed by atoms with E-state index in [2.05, 4.69) is 10.5 Å². The fraction of sp³-hybridized carbons (Fsp3) is 0.0714. The van der Waals surface area contributed by atoms with Crippen molar-refractivity contribution >= 4 is 34.1 Å². The van der Waals surface area contributed by atoms with Crippen molar-refractivity contribution in [2.75, 3.05) is 12.5 Å². The maximum absolute atomic E-state index is 6.10. The van der Waals surface area contributed by atoms with Gasteiger partial charge in [0.2, 0.25) is 0 Å². The number of anilines is 1. The summed E-state index contributed by atoms with van der Waals surface area (Å²) in [4.78, 5) is 0. The van der Waals surface area contributed by atoms with Crippen LogP contribution in [0.4, 0.5) is 5.69 Å². The zero-order valence-electron chi connectivity index (χ0n) is 10.2. The number of hydrogen-bond acceptors (Lipinski definition) is 3. The molecular formula is C14H12Cl2N2O. The summed E-state index contributed by atoms with van der Waals surface area (Å²) in [7, 11) is 1.62. The normalized spacial score (nSPS) is 11.2. The zero-order chi connectivity index (χ0) is 13.7. The Kier molecular flexibility index (Phi) is 4.66. The Balaban J connectivity index is 2.07. The minimum absolute atomic E-state index is 0.373. The Bertz CT molecular complexity index is 565. The van der Waals surface area contributed by atoms with Gasteiger partial charge in [0, 0.05) is 10.6 Å². The lowest BCUT2D eigenvalue weighted by Gasteiger charge is -2.03. The fourth-order valence-electron chi connectivity index (χ4n) is 1.43. The quantitative estimate of drug-likeness (QED) is 0.671. The predicted octanol–water partition coefficient (Wildman–Crippen LogP) is 4.36. The molecule has 2 rings (SSSR count). The van der Waals surface area contributed by atoms with Gasteiger partial charge in [-0.3, -0.25) is 5.43 Å². The van der Waals surface area contributed by atoms with Gasteiger partial charge in [-0.05, 0) is 48.5 Å². The molecule has 0 heterocycles. The summed E-state index contributed by atoms with van der Waals surface area (Å²) in [5, 5.41) is 5.15. The number of ether oxygens (including phenoxy) is 1. The van der Waals surface area contributed by atoms with Crippen LogP contribution in [-0.2, 0) is 0 Å². The highest BCUT2D eigenvalue weighted by molar-refractivity contribution is 6.69. The van der Waals surface area contributed by atoms with E-state index in [1.807, 2.05) is 36.4 Å². The molecule has 0 saturated heterocycles. The van der Waals surface area contributed by atoms with Gasteiger partial charge in [-0.2, -0.15) is 5.10 Å². The van der Waals surface area contributed by atoms with Crippen LogP contribution in [0.15, 0.2) is 53.6 Å². The highest BCUT2D eigenvalue weighted by Crippen LogP contribution is 2.16. The standard InChI is InChI=1S/C14H12Cl2N2O/c1-19-13-8-2-10(3-9-13)14(16)18-17-12-6-4-11(15)5-7-12/h2-9,17H,1H3. The first-order valence-corrected chi connectivity index (χ1v) is 6.34. The second-order valence-corrected chi connectivity index (χ2v) is 4.54. The lowest BCUT2D eigenvalue weighted by atomic mass is 10.2. The van der Waals surface area contributed by atoms with Gasteiger partial charge in [0.15, 0.2) is 5.17 Å². The summed E-state index contributed by atoms with van der Waals surface area (Å²) < 4.78 is 5.08. The maximum atomic E-state index is 6.10. The molecule has 5 heteroatoms. The van der Waals surface area contributed by atoms with E-state index in [9.17, 15) is 0 Å². The van der Waals surface area contributed by atoms with Crippen molar-refractivity contribution in [1.29, 1.82) is 0 Å². The minimum Gasteiger partial charge on any atom is -0.497 e. The molecule has 98 valence electrons. The smallest absolute Gasteiger partial charge is 0.156 e. The molecule has 0 aliphatic rings. The summed E-state index contributed by atoms with van der Waals surface area (Å²) >= 11 is 11.9. The second-order valence-electron chi connectivity index (χ2n) is 3.75. The average Bonchev–Trinajstić information content (AvgIpc) is 2.46. The molecule has 0 aromatic heterocycles. The summed E-state index contributed by atoms with van der Waals surface area (Å²) in [5.74, 6) is 0.777. The average molecular weight is 295 g/mol. The first kappa shape index (κ1) is 13.7. The molecule has 0 unspecified atom stereocenters. The molecule has 0 spiro atoms. The third kappa shape index (κ3) is 3.88. The van der Waals surface area contributed by atoms with E-state index in [1.165, 1.54) is 0 Å². The number of rotatable bonds is 4. The van der Waals surface area contributed by atoms with Gasteiger partial charge in [0.25, 0.3) is 0 Å². The van der Waals surface area contributed by atoms with E-state index < -0.39 is 0 Å². The third-order valence-corrected chi connectivity index (χ3v) is 3.01. The number of hydrazone groups is 1. The molecular weight excluding hydrogens is 283 g/mol. The Morgan fingerprint density at radius 2 is 1.68 bits per heavy atom. The van der Waals surface area contributed by atoms with Crippen LogP contribution in [0.25, 0.3) is 0 Å². The van der Waals surface area contributed by atoms with Gasteiger partial charge in [0.05, 0.1) is 12.8 Å². The van der Waals surface area contributed by atoms with Crippen molar-refractivity contribution in [2.24, 2.45) is 5.10 Å². The van der Waals surface area contributed by atoms with Crippen molar-refractivity contribution < 1.29 is 4.74 Å². The lowest BCUT2D eigenvalue weighted by Crippen LogP contribution is -1.97. The molecule has 0 aliphatic heterocycles. The third-order valence-electron chi connectivity index (χ3n) is 2.46. The molecule has 0 bridgehead atoms. The zero-order valence-corrected chi connectivity index (χ0v) is 11.7. The largest absolute Gasteiger partial charge is 0.497 e. The van der Waals surface area contributed by atoms with Crippen LogP contribution in [0.1, 0.15) is 5.56 Å². The number of benzene rings is 2. The summed E-state index contributed by atoms with van der Waals surface area (Å²) in [6.07, 6.45) is 0. The molecule has 0 saturated carbocycles. The van der Waals surface area contributed by atoms with Crippen LogP contribution in [0.3, 0.4) is 0 Å². The molecule has 1 N–H and O–H groups in total. The maximum Gasteiger partial charge on any atom is 0.156 e. The van der Waals surface area contributed by atoms with E-state index in [0.29, 0.717) is 10.2 Å². The lowest BCUT2D eigenvalue weighted by molar-refractivity contribution is 0.415. The Morgan fingerprint density at radius 3 is 2.26 bits per heavy atom. The van der Waals surface area contributed by atoms with Crippen molar-refractivity contribution in [1.82, 2.24) is 0 Å². The number of nitrogens with zero attached hydrogens (tertiary/aromatic N) is 1. The summed E-state index contributed by atoms with van der Waals surface area (Å²) in [5.41, 5.74) is 4.49. The molecule has 0 radical (unpaired) electrons. The first-order valence-electron chi connectivity index (χ1n) is 5.58. The van der Waals surface area contributed by atoms with Crippen LogP contribution in [0.5, 0.6) is 5.75 Å². The van der Waals surface area contributed by atoms with Crippen LogP contribution in [-0.4, -0.2) is 12.3 Å². The Morgan fingerprint density at radius 1 is 1.05 bits per heavy atom. The van der Waals surface area contributed by atoms with E-state index in [0.717, 1.165) is 17.0 Å². The van der Waals surface area contributed by atoms with Crippen LogP contribution in [0.2, 0.25) is 5.02 Å². The molecule has 0 aliphatic carbocycles. The molecule has 2 aromatic carbocycles. The summed E-state index contributed by atoms with van der Waals surface area (Å²) in [6.45, 7) is 0. The second kappa shape index (κ2) is 6.45. The van der Waals surface area contributed by atoms with Gasteiger partial charge in [0.1, 0.15) is 5.75 Å². The van der Waals surface area contributed by atoms with Crippen LogP contribution in [0, 0.1) is 0 Å². The molecule has 0 amide bonds. The number of nitrogens with one attached hydrogen (secondary N) is 1. The molecule has 0 fully saturated rings. The topological polar surface area (TPSA) is 33.6 Å². The van der Waals surface area contributed by atoms with Gasteiger partial charge in [-0.1, -0.05) is 23.2 Å². The SMILES string of the molecule is COc1ccc(C(Cl)=NNc2ccc(Cl)cc2)cc1. The van der Waals surface area contributed by atoms with Gasteiger partial charge in [-0.15, -0.1) is 0 Å². The van der Waals surface area contributed by atoms with Crippen molar-refractivity contribution in [2.45, 2.75) is 0 Å². The van der Waals surface area contributed by atoms with Crippen LogP contribution >= 0.6 is 23.2 Å². The number of methoxy groups -OCH3 is 1. The Labute approximate surface area is 121 Å². The van der Waals surface area contributed by atoms with Gasteiger partial charge in [-0.25, -0.2) is 0 Å². The van der Waals surface area contributed by atoms with E-state index >= 15 is 0 Å². The Hall–Kier alpha value is -1.71. The first-order chi connectivity index (χ1) is 9.19. The van der Waals surface area contributed by atoms with E-state index in [1.54, 1.807) is 19.2 Å². The highest BCUT2D eigenvalue weighted by atomic mass is 35.5. The monoisotopic (exact) mass is 294 g/mol. The summed E-state index contributed by atoms with van der Waals surface area (Å²) in [6, 6.07) is 14.5. The van der Waals surface area contributed by atoms with E-state index in [4.69, 9.17) is 27.9 Å². The van der Waals surface area contributed by atoms with Crippen molar-refractivity contribution in [3.05, 3.63) is 59.1 Å². The number of hydrogen-bond donors (Lipinski definition) is 1. The van der Waals surface area contributed by atoms with E-state index in [-0.39, 0.29) is 0 Å². The predicted molar refractivity (Wildman–Crippen MR) is 80.5 cm³/mol. The number of halogens is 2. The van der Waals surface area contributed by atoms with Gasteiger partial charge >= 0.3 is 0 Å².